The first-order chi connectivity index (χ1) is 13.8. The third-order valence-corrected chi connectivity index (χ3v) is 6.09. The number of fused-ring (bicyclic) bond motifs is 1. The summed E-state index contributed by atoms with van der Waals surface area (Å²) in [4.78, 5) is 26.8. The Morgan fingerprint density at radius 3 is 2.59 bits per heavy atom. The number of anilines is 1. The van der Waals surface area contributed by atoms with E-state index in [9.17, 15) is 18.4 Å². The minimum atomic E-state index is -0.479. The van der Waals surface area contributed by atoms with Gasteiger partial charge in [0.2, 0.25) is 0 Å². The second kappa shape index (κ2) is 7.46. The number of nitrogen functional groups attached to an aromatic ring is 1. The van der Waals surface area contributed by atoms with Gasteiger partial charge in [-0.05, 0) is 60.1 Å². The molecule has 2 amide bonds. The highest BCUT2D eigenvalue weighted by molar-refractivity contribution is 5.99. The lowest BCUT2D eigenvalue weighted by Gasteiger charge is -2.44. The van der Waals surface area contributed by atoms with Crippen molar-refractivity contribution in [1.29, 1.82) is 0 Å². The van der Waals surface area contributed by atoms with Crippen LogP contribution in [0, 0.1) is 17.0 Å². The zero-order valence-corrected chi connectivity index (χ0v) is 16.0. The number of rotatable bonds is 2. The fourth-order valence-corrected chi connectivity index (χ4v) is 4.40. The first-order valence-electron chi connectivity index (χ1n) is 9.74. The lowest BCUT2D eigenvalue weighted by atomic mass is 9.66. The molecule has 0 unspecified atom stereocenters. The molecule has 0 radical (unpaired) electrons. The molecule has 0 aromatic heterocycles. The number of carbonyl (C=O) groups excluding carboxylic acids is 2. The van der Waals surface area contributed by atoms with Gasteiger partial charge in [-0.25, -0.2) is 13.6 Å². The minimum absolute atomic E-state index is 0.0162. The van der Waals surface area contributed by atoms with Crippen LogP contribution in [0.15, 0.2) is 36.4 Å². The summed E-state index contributed by atoms with van der Waals surface area (Å²) in [7, 11) is 0. The van der Waals surface area contributed by atoms with Gasteiger partial charge in [0, 0.05) is 31.6 Å². The number of amides is 2. The second-order valence-electron chi connectivity index (χ2n) is 8.08. The molecular formula is C22H23F2N3O2. The van der Waals surface area contributed by atoms with Gasteiger partial charge in [0.25, 0.3) is 0 Å². The molecule has 0 saturated carbocycles. The number of piperidine rings is 1. The summed E-state index contributed by atoms with van der Waals surface area (Å²) in [6, 6.07) is 8.63. The Kier molecular flexibility index (Phi) is 4.98. The zero-order valence-electron chi connectivity index (χ0n) is 16.0. The van der Waals surface area contributed by atoms with E-state index in [2.05, 4.69) is 5.32 Å². The molecule has 1 fully saturated rings. The monoisotopic (exact) mass is 399 g/mol. The van der Waals surface area contributed by atoms with E-state index < -0.39 is 5.82 Å². The third kappa shape index (κ3) is 3.95. The van der Waals surface area contributed by atoms with E-state index in [0.717, 1.165) is 30.4 Å². The van der Waals surface area contributed by atoms with Gasteiger partial charge in [-0.15, -0.1) is 0 Å². The van der Waals surface area contributed by atoms with Gasteiger partial charge in [-0.3, -0.25) is 4.79 Å². The van der Waals surface area contributed by atoms with E-state index in [1.54, 1.807) is 17.0 Å². The Morgan fingerprint density at radius 1 is 1.10 bits per heavy atom. The van der Waals surface area contributed by atoms with Crippen molar-refractivity contribution in [1.82, 2.24) is 10.2 Å². The van der Waals surface area contributed by atoms with Gasteiger partial charge in [-0.1, -0.05) is 12.1 Å². The maximum absolute atomic E-state index is 13.4. The Labute approximate surface area is 167 Å². The van der Waals surface area contributed by atoms with Gasteiger partial charge in [0.1, 0.15) is 11.6 Å². The molecule has 1 aliphatic carbocycles. The molecule has 5 nitrogen and oxygen atoms in total. The van der Waals surface area contributed by atoms with Crippen LogP contribution in [0.5, 0.6) is 0 Å². The molecule has 1 saturated heterocycles. The smallest absolute Gasteiger partial charge is 0.317 e. The number of urea groups is 1. The van der Waals surface area contributed by atoms with Crippen LogP contribution in [0.3, 0.4) is 0 Å². The van der Waals surface area contributed by atoms with Crippen LogP contribution in [0.4, 0.5) is 19.3 Å². The van der Waals surface area contributed by atoms with Crippen molar-refractivity contribution in [3.05, 3.63) is 64.7 Å². The number of likely N-dealkylation sites (tertiary alicyclic amines) is 1. The Balaban J connectivity index is 1.35. The highest BCUT2D eigenvalue weighted by Gasteiger charge is 2.41. The molecule has 1 aliphatic heterocycles. The van der Waals surface area contributed by atoms with E-state index >= 15 is 0 Å². The summed E-state index contributed by atoms with van der Waals surface area (Å²) in [5.74, 6) is -0.882. The van der Waals surface area contributed by atoms with E-state index in [1.807, 2.05) is 0 Å². The number of ketones is 1. The van der Waals surface area contributed by atoms with Gasteiger partial charge in [-0.2, -0.15) is 0 Å². The molecule has 0 bridgehead atoms. The quantitative estimate of drug-likeness (QED) is 0.757. The fraction of sp³-hybridized carbons (Fsp3) is 0.364. The molecule has 152 valence electrons. The predicted octanol–water partition coefficient (Wildman–Crippen LogP) is 3.67. The van der Waals surface area contributed by atoms with Crippen molar-refractivity contribution < 1.29 is 18.4 Å². The summed E-state index contributed by atoms with van der Waals surface area (Å²) in [5.41, 5.74) is 7.57. The lowest BCUT2D eigenvalue weighted by Crippen LogP contribution is -2.49. The number of benzene rings is 2. The Hall–Kier alpha value is -2.96. The van der Waals surface area contributed by atoms with Gasteiger partial charge in [0.05, 0.1) is 5.69 Å². The third-order valence-electron chi connectivity index (χ3n) is 6.09. The molecule has 3 N–H and O–H groups in total. The number of nitrogens with one attached hydrogen (secondary N) is 1. The summed E-state index contributed by atoms with van der Waals surface area (Å²) >= 11 is 0. The molecule has 2 aromatic carbocycles. The zero-order chi connectivity index (χ0) is 20.6. The van der Waals surface area contributed by atoms with Crippen molar-refractivity contribution >= 4 is 17.5 Å². The first kappa shape index (κ1) is 19.4. The molecule has 29 heavy (non-hydrogen) atoms. The highest BCUT2D eigenvalue weighted by Crippen LogP contribution is 2.43. The van der Waals surface area contributed by atoms with Crippen LogP contribution in [-0.4, -0.2) is 29.8 Å². The van der Waals surface area contributed by atoms with Crippen LogP contribution in [0.25, 0.3) is 0 Å². The summed E-state index contributed by atoms with van der Waals surface area (Å²) in [6.07, 6.45) is 2.59. The first-order valence-corrected chi connectivity index (χ1v) is 9.74. The molecule has 7 heteroatoms. The maximum atomic E-state index is 13.4. The SMILES string of the molecule is Nc1cc(CNC(=O)N2CCC3(CC2)CC(=O)c2cc(F)ccc2C3)ccc1F. The topological polar surface area (TPSA) is 75.4 Å². The molecule has 4 rings (SSSR count). The summed E-state index contributed by atoms with van der Waals surface area (Å²) in [5, 5.41) is 2.84. The number of halogens is 2. The summed E-state index contributed by atoms with van der Waals surface area (Å²) < 4.78 is 26.7. The van der Waals surface area contributed by atoms with Gasteiger partial charge in [0.15, 0.2) is 5.78 Å². The van der Waals surface area contributed by atoms with Crippen LogP contribution in [-0.2, 0) is 13.0 Å². The van der Waals surface area contributed by atoms with Crippen molar-refractivity contribution in [2.45, 2.75) is 32.2 Å². The number of hydrogen-bond acceptors (Lipinski definition) is 3. The average molecular weight is 399 g/mol. The second-order valence-corrected chi connectivity index (χ2v) is 8.08. The van der Waals surface area contributed by atoms with Crippen LogP contribution < -0.4 is 11.1 Å². The molecule has 1 heterocycles. The van der Waals surface area contributed by atoms with Gasteiger partial charge < -0.3 is 16.0 Å². The fourth-order valence-electron chi connectivity index (χ4n) is 4.40. The predicted molar refractivity (Wildman–Crippen MR) is 105 cm³/mol. The number of hydrogen-bond donors (Lipinski definition) is 2. The average Bonchev–Trinajstić information content (AvgIpc) is 2.70. The number of carbonyl (C=O) groups is 2. The van der Waals surface area contributed by atoms with E-state index in [4.69, 9.17) is 5.73 Å². The Morgan fingerprint density at radius 2 is 1.86 bits per heavy atom. The number of nitrogens with zero attached hydrogens (tertiary/aromatic N) is 1. The van der Waals surface area contributed by atoms with Gasteiger partial charge >= 0.3 is 6.03 Å². The maximum Gasteiger partial charge on any atom is 0.317 e. The molecular weight excluding hydrogens is 376 g/mol. The van der Waals surface area contributed by atoms with E-state index in [0.29, 0.717) is 25.1 Å². The number of Topliss-reactive ketones (excluding diaryl/α,β-unsaturated/α-hetero) is 1. The Bertz CT molecular complexity index is 969. The lowest BCUT2D eigenvalue weighted by molar-refractivity contribution is 0.0735. The highest BCUT2D eigenvalue weighted by atomic mass is 19.1. The molecule has 1 spiro atoms. The van der Waals surface area contributed by atoms with Crippen molar-refractivity contribution in [2.75, 3.05) is 18.8 Å². The van der Waals surface area contributed by atoms with Crippen molar-refractivity contribution in [2.24, 2.45) is 5.41 Å². The molecule has 2 aliphatic rings. The molecule has 2 aromatic rings. The molecule has 0 atom stereocenters. The minimum Gasteiger partial charge on any atom is -0.396 e. The van der Waals surface area contributed by atoms with Crippen molar-refractivity contribution in [3.63, 3.8) is 0 Å². The van der Waals surface area contributed by atoms with Crippen LogP contribution in [0.1, 0.15) is 40.7 Å². The van der Waals surface area contributed by atoms with E-state index in [1.165, 1.54) is 24.3 Å². The largest absolute Gasteiger partial charge is 0.396 e. The number of nitrogens with two attached hydrogens (primary N) is 1. The normalized spacial score (nSPS) is 17.9. The van der Waals surface area contributed by atoms with Crippen LogP contribution in [0.2, 0.25) is 0 Å². The summed E-state index contributed by atoms with van der Waals surface area (Å²) in [6.45, 7) is 1.38. The van der Waals surface area contributed by atoms with Crippen LogP contribution >= 0.6 is 0 Å². The standard InChI is InChI=1S/C22H23F2N3O2/c23-16-3-2-15-11-22(12-20(28)17(15)10-16)5-7-27(8-6-22)21(29)26-13-14-1-4-18(24)19(25)9-14/h1-4,9-10H,5-8,11-13,25H2,(H,26,29). The van der Waals surface area contributed by atoms with E-state index in [-0.39, 0.29) is 35.3 Å². The van der Waals surface area contributed by atoms with Crippen molar-refractivity contribution in [3.8, 4) is 0 Å².